The van der Waals surface area contributed by atoms with E-state index >= 15 is 0 Å². The van der Waals surface area contributed by atoms with Gasteiger partial charge in [0.25, 0.3) is 5.91 Å². The van der Waals surface area contributed by atoms with Crippen molar-refractivity contribution in [3.63, 3.8) is 0 Å². The molecule has 4 nitrogen and oxygen atoms in total. The minimum atomic E-state index is -0.0910. The quantitative estimate of drug-likeness (QED) is 0.633. The molecule has 0 fully saturated rings. The highest BCUT2D eigenvalue weighted by atomic mass is 35.5. The van der Waals surface area contributed by atoms with Crippen LogP contribution in [-0.4, -0.2) is 19.1 Å². The van der Waals surface area contributed by atoms with Gasteiger partial charge < -0.3 is 14.4 Å². The van der Waals surface area contributed by atoms with Gasteiger partial charge in [-0.3, -0.25) is 4.79 Å². The van der Waals surface area contributed by atoms with Gasteiger partial charge in [0.1, 0.15) is 13.2 Å². The van der Waals surface area contributed by atoms with Crippen LogP contribution in [0, 0.1) is 0 Å². The summed E-state index contributed by atoms with van der Waals surface area (Å²) in [6.45, 7) is 1.53. The number of fused-ring (bicyclic) bond motifs is 1. The highest BCUT2D eigenvalue weighted by Crippen LogP contribution is 2.35. The second kappa shape index (κ2) is 7.40. The Labute approximate surface area is 160 Å². The van der Waals surface area contributed by atoms with Gasteiger partial charge in [-0.1, -0.05) is 17.7 Å². The summed E-state index contributed by atoms with van der Waals surface area (Å²) in [5, 5.41) is 2.61. The Morgan fingerprint density at radius 2 is 1.81 bits per heavy atom. The van der Waals surface area contributed by atoms with Crippen molar-refractivity contribution >= 4 is 34.5 Å². The number of nitrogens with zero attached hydrogens (tertiary/aromatic N) is 1. The molecule has 0 spiro atoms. The van der Waals surface area contributed by atoms with Gasteiger partial charge in [-0.2, -0.15) is 0 Å². The molecule has 1 amide bonds. The van der Waals surface area contributed by atoms with Crippen LogP contribution in [0.15, 0.2) is 60.0 Å². The number of amides is 1. The third-order valence-corrected chi connectivity index (χ3v) is 5.18. The lowest BCUT2D eigenvalue weighted by atomic mass is 10.1. The maximum Gasteiger partial charge on any atom is 0.258 e. The van der Waals surface area contributed by atoms with Crippen LogP contribution in [0.3, 0.4) is 0 Å². The molecular formula is C20H16ClNO3S. The number of carbonyl (C=O) groups is 1. The fraction of sp³-hybridized carbons (Fsp3) is 0.150. The van der Waals surface area contributed by atoms with Crippen molar-refractivity contribution in [3.8, 4) is 11.5 Å². The van der Waals surface area contributed by atoms with Gasteiger partial charge in [0.15, 0.2) is 11.5 Å². The first kappa shape index (κ1) is 16.9. The fourth-order valence-electron chi connectivity index (χ4n) is 2.79. The molecule has 0 unspecified atom stereocenters. The summed E-state index contributed by atoms with van der Waals surface area (Å²) in [6, 6.07) is 16.5. The lowest BCUT2D eigenvalue weighted by Crippen LogP contribution is -2.30. The largest absolute Gasteiger partial charge is 0.486 e. The van der Waals surface area contributed by atoms with Crippen molar-refractivity contribution < 1.29 is 14.3 Å². The standard InChI is InChI=1S/C20H16ClNO3S/c21-15-5-3-14(4-6-15)20(23)22(13-17-2-1-11-26-17)16-7-8-18-19(12-16)25-10-9-24-18/h1-8,11-12H,9-10,13H2. The van der Waals surface area contributed by atoms with E-state index in [1.165, 1.54) is 0 Å². The first-order valence-corrected chi connectivity index (χ1v) is 9.46. The Bertz CT molecular complexity index is 909. The van der Waals surface area contributed by atoms with Gasteiger partial charge >= 0.3 is 0 Å². The van der Waals surface area contributed by atoms with E-state index in [1.54, 1.807) is 40.5 Å². The summed E-state index contributed by atoms with van der Waals surface area (Å²) in [5.74, 6) is 1.27. The monoisotopic (exact) mass is 385 g/mol. The first-order chi connectivity index (χ1) is 12.7. The van der Waals surface area contributed by atoms with Crippen molar-refractivity contribution in [2.24, 2.45) is 0 Å². The van der Waals surface area contributed by atoms with Crippen LogP contribution in [0.2, 0.25) is 5.02 Å². The predicted octanol–water partition coefficient (Wildman–Crippen LogP) is 5.02. The van der Waals surface area contributed by atoms with Crippen LogP contribution < -0.4 is 14.4 Å². The SMILES string of the molecule is O=C(c1ccc(Cl)cc1)N(Cc1cccs1)c1ccc2c(c1)OCCO2. The number of ether oxygens (including phenoxy) is 2. The highest BCUT2D eigenvalue weighted by molar-refractivity contribution is 7.09. The Morgan fingerprint density at radius 1 is 1.04 bits per heavy atom. The Kier molecular flexibility index (Phi) is 4.82. The first-order valence-electron chi connectivity index (χ1n) is 8.20. The van der Waals surface area contributed by atoms with Crippen LogP contribution in [0.25, 0.3) is 0 Å². The number of rotatable bonds is 4. The zero-order valence-corrected chi connectivity index (χ0v) is 15.4. The Morgan fingerprint density at radius 3 is 2.54 bits per heavy atom. The van der Waals surface area contributed by atoms with Crippen molar-refractivity contribution in [1.29, 1.82) is 0 Å². The van der Waals surface area contributed by atoms with Crippen molar-refractivity contribution in [2.75, 3.05) is 18.1 Å². The molecule has 132 valence electrons. The van der Waals surface area contributed by atoms with Crippen molar-refractivity contribution in [3.05, 3.63) is 75.4 Å². The number of halogens is 1. The third kappa shape index (κ3) is 3.54. The van der Waals surface area contributed by atoms with E-state index in [-0.39, 0.29) is 5.91 Å². The zero-order chi connectivity index (χ0) is 17.9. The molecule has 2 heterocycles. The molecule has 4 rings (SSSR count). The number of hydrogen-bond acceptors (Lipinski definition) is 4. The lowest BCUT2D eigenvalue weighted by Gasteiger charge is -2.25. The molecule has 1 aromatic heterocycles. The van der Waals surface area contributed by atoms with Crippen LogP contribution in [0.1, 0.15) is 15.2 Å². The summed E-state index contributed by atoms with van der Waals surface area (Å²) in [6.07, 6.45) is 0. The van der Waals surface area contributed by atoms with Gasteiger partial charge in [-0.25, -0.2) is 0 Å². The molecular weight excluding hydrogens is 370 g/mol. The van der Waals surface area contributed by atoms with Gasteiger partial charge in [0.2, 0.25) is 0 Å². The number of hydrogen-bond donors (Lipinski definition) is 0. The van der Waals surface area contributed by atoms with Crippen LogP contribution in [0.5, 0.6) is 11.5 Å². The van der Waals surface area contributed by atoms with E-state index in [4.69, 9.17) is 21.1 Å². The van der Waals surface area contributed by atoms with Crippen molar-refractivity contribution in [1.82, 2.24) is 0 Å². The smallest absolute Gasteiger partial charge is 0.258 e. The van der Waals surface area contributed by atoms with Crippen molar-refractivity contribution in [2.45, 2.75) is 6.54 Å². The second-order valence-corrected chi connectivity index (χ2v) is 7.27. The predicted molar refractivity (Wildman–Crippen MR) is 104 cm³/mol. The van der Waals surface area contributed by atoms with Crippen LogP contribution >= 0.6 is 22.9 Å². The zero-order valence-electron chi connectivity index (χ0n) is 13.9. The third-order valence-electron chi connectivity index (χ3n) is 4.07. The molecule has 26 heavy (non-hydrogen) atoms. The summed E-state index contributed by atoms with van der Waals surface area (Å²) in [7, 11) is 0. The minimum Gasteiger partial charge on any atom is -0.486 e. The van der Waals surface area contributed by atoms with E-state index < -0.39 is 0 Å². The lowest BCUT2D eigenvalue weighted by molar-refractivity contribution is 0.0985. The molecule has 0 aliphatic carbocycles. The van der Waals surface area contributed by atoms with Gasteiger partial charge in [0, 0.05) is 27.2 Å². The summed E-state index contributed by atoms with van der Waals surface area (Å²) in [5.41, 5.74) is 1.35. The van der Waals surface area contributed by atoms with Gasteiger partial charge in [-0.05, 0) is 47.8 Å². The molecule has 0 saturated carbocycles. The highest BCUT2D eigenvalue weighted by Gasteiger charge is 2.21. The maximum absolute atomic E-state index is 13.2. The molecule has 0 radical (unpaired) electrons. The minimum absolute atomic E-state index is 0.0910. The van der Waals surface area contributed by atoms with E-state index in [0.29, 0.717) is 41.8 Å². The molecule has 3 aromatic rings. The van der Waals surface area contributed by atoms with E-state index in [0.717, 1.165) is 10.6 Å². The molecule has 2 aromatic carbocycles. The molecule has 0 saturated heterocycles. The molecule has 0 atom stereocenters. The average Bonchev–Trinajstić information content (AvgIpc) is 3.19. The number of anilines is 1. The average molecular weight is 386 g/mol. The van der Waals surface area contributed by atoms with Gasteiger partial charge in [0.05, 0.1) is 6.54 Å². The van der Waals surface area contributed by atoms with Crippen LogP contribution in [-0.2, 0) is 6.54 Å². The number of carbonyl (C=O) groups excluding carboxylic acids is 1. The topological polar surface area (TPSA) is 38.8 Å². The molecule has 0 N–H and O–H groups in total. The van der Waals surface area contributed by atoms with E-state index in [9.17, 15) is 4.79 Å². The maximum atomic E-state index is 13.2. The number of thiophene rings is 1. The van der Waals surface area contributed by atoms with E-state index in [1.807, 2.05) is 35.7 Å². The molecule has 0 bridgehead atoms. The van der Waals surface area contributed by atoms with Gasteiger partial charge in [-0.15, -0.1) is 11.3 Å². The van der Waals surface area contributed by atoms with E-state index in [2.05, 4.69) is 0 Å². The summed E-state index contributed by atoms with van der Waals surface area (Å²) in [4.78, 5) is 16.0. The second-order valence-electron chi connectivity index (χ2n) is 5.81. The molecule has 6 heteroatoms. The summed E-state index contributed by atoms with van der Waals surface area (Å²) < 4.78 is 11.3. The van der Waals surface area contributed by atoms with Crippen LogP contribution in [0.4, 0.5) is 5.69 Å². The Balaban J connectivity index is 1.70. The molecule has 1 aliphatic heterocycles. The fourth-order valence-corrected chi connectivity index (χ4v) is 3.61. The normalized spacial score (nSPS) is 12.7. The molecule has 1 aliphatic rings. The summed E-state index contributed by atoms with van der Waals surface area (Å²) >= 11 is 7.57. The Hall–Kier alpha value is -2.50. The number of benzene rings is 2.